The molecule has 1 unspecified atom stereocenters. The molecule has 0 bridgehead atoms. The molecule has 0 radical (unpaired) electrons. The predicted molar refractivity (Wildman–Crippen MR) is 82.4 cm³/mol. The molecule has 4 nitrogen and oxygen atoms in total. The molecule has 1 aromatic heterocycles. The summed E-state index contributed by atoms with van der Waals surface area (Å²) in [4.78, 5) is 12.9. The lowest BCUT2D eigenvalue weighted by atomic mass is 10.2. The van der Waals surface area contributed by atoms with Crippen LogP contribution < -0.4 is 15.8 Å². The highest BCUT2D eigenvalue weighted by Crippen LogP contribution is 2.37. The minimum Gasteiger partial charge on any atom is -0.497 e. The van der Waals surface area contributed by atoms with Gasteiger partial charge in [-0.25, -0.2) is 0 Å². The van der Waals surface area contributed by atoms with Crippen LogP contribution in [0.3, 0.4) is 0 Å². The van der Waals surface area contributed by atoms with E-state index in [1.54, 1.807) is 7.11 Å². The topological polar surface area (TPSA) is 64.3 Å². The molecule has 20 heavy (non-hydrogen) atoms. The Labute approximate surface area is 121 Å². The third kappa shape index (κ3) is 2.33. The number of carbonyl (C=O) groups is 1. The van der Waals surface area contributed by atoms with E-state index in [-0.39, 0.29) is 11.9 Å². The van der Waals surface area contributed by atoms with Crippen LogP contribution in [0.4, 0.5) is 5.69 Å². The minimum atomic E-state index is -0.0675. The highest BCUT2D eigenvalue weighted by Gasteiger charge is 2.30. The van der Waals surface area contributed by atoms with Crippen molar-refractivity contribution in [3.8, 4) is 5.75 Å². The van der Waals surface area contributed by atoms with Gasteiger partial charge in [-0.3, -0.25) is 4.79 Å². The Morgan fingerprint density at radius 1 is 1.50 bits per heavy atom. The van der Waals surface area contributed by atoms with Gasteiger partial charge in [0.15, 0.2) is 0 Å². The summed E-state index contributed by atoms with van der Waals surface area (Å²) in [5.74, 6) is 1.34. The Morgan fingerprint density at radius 3 is 2.90 bits per heavy atom. The first-order valence-electron chi connectivity index (χ1n) is 6.77. The summed E-state index contributed by atoms with van der Waals surface area (Å²) in [5.41, 5.74) is 6.67. The number of nitrogens with one attached hydrogen (secondary N) is 1. The number of fused-ring (bicyclic) bond motifs is 1. The molecule has 1 heterocycles. The molecule has 0 spiro atoms. The van der Waals surface area contributed by atoms with Crippen LogP contribution in [0.2, 0.25) is 0 Å². The first kappa shape index (κ1) is 13.2. The van der Waals surface area contributed by atoms with Gasteiger partial charge in [0.25, 0.3) is 5.91 Å². The zero-order valence-corrected chi connectivity index (χ0v) is 12.4. The number of hydrogen-bond acceptors (Lipinski definition) is 4. The van der Waals surface area contributed by atoms with Crippen LogP contribution in [0.1, 0.15) is 29.4 Å². The molecule has 106 valence electrons. The second-order valence-corrected chi connectivity index (χ2v) is 6.36. The number of nitrogens with two attached hydrogens (primary N) is 1. The lowest BCUT2D eigenvalue weighted by Gasteiger charge is -2.11. The molecule has 1 saturated carbocycles. The molecule has 2 aromatic rings. The molecule has 0 saturated heterocycles. The molecule has 1 aliphatic carbocycles. The fraction of sp³-hybridized carbons (Fsp3) is 0.400. The van der Waals surface area contributed by atoms with Crippen molar-refractivity contribution in [3.05, 3.63) is 23.1 Å². The van der Waals surface area contributed by atoms with E-state index in [0.29, 0.717) is 16.5 Å². The van der Waals surface area contributed by atoms with Crippen molar-refractivity contribution >= 4 is 33.0 Å². The monoisotopic (exact) mass is 290 g/mol. The van der Waals surface area contributed by atoms with Crippen LogP contribution in [0.5, 0.6) is 5.75 Å². The number of methoxy groups -OCH3 is 1. The van der Waals surface area contributed by atoms with Gasteiger partial charge in [0.2, 0.25) is 0 Å². The van der Waals surface area contributed by atoms with Crippen LogP contribution in [0.15, 0.2) is 18.2 Å². The highest BCUT2D eigenvalue weighted by atomic mass is 32.1. The van der Waals surface area contributed by atoms with E-state index in [1.165, 1.54) is 24.2 Å². The Morgan fingerprint density at radius 2 is 2.25 bits per heavy atom. The quantitative estimate of drug-likeness (QED) is 0.909. The number of thiophene rings is 1. The molecular weight excluding hydrogens is 272 g/mol. The standard InChI is InChI=1S/C15H18N2O2S/c1-8(9-3-4-9)17-15(18)14-13(16)11-6-5-10(19-2)7-12(11)20-14/h5-9H,3-4,16H2,1-2H3,(H,17,18). The fourth-order valence-corrected chi connectivity index (χ4v) is 3.43. The summed E-state index contributed by atoms with van der Waals surface area (Å²) < 4.78 is 6.18. The molecule has 1 aliphatic rings. The first-order valence-corrected chi connectivity index (χ1v) is 7.58. The number of amides is 1. The van der Waals surface area contributed by atoms with Crippen molar-refractivity contribution in [2.24, 2.45) is 5.92 Å². The second kappa shape index (κ2) is 4.98. The average molecular weight is 290 g/mol. The van der Waals surface area contributed by atoms with E-state index in [9.17, 15) is 4.79 Å². The normalized spacial score (nSPS) is 16.1. The van der Waals surface area contributed by atoms with Crippen molar-refractivity contribution < 1.29 is 9.53 Å². The number of hydrogen-bond donors (Lipinski definition) is 2. The fourth-order valence-electron chi connectivity index (χ4n) is 2.38. The molecule has 1 aromatic carbocycles. The van der Waals surface area contributed by atoms with Gasteiger partial charge in [-0.05, 0) is 43.9 Å². The third-order valence-corrected chi connectivity index (χ3v) is 5.00. The molecule has 1 fully saturated rings. The molecule has 1 atom stereocenters. The van der Waals surface area contributed by atoms with E-state index in [4.69, 9.17) is 10.5 Å². The molecular formula is C15H18N2O2S. The highest BCUT2D eigenvalue weighted by molar-refractivity contribution is 7.21. The zero-order valence-electron chi connectivity index (χ0n) is 11.6. The maximum absolute atomic E-state index is 12.3. The van der Waals surface area contributed by atoms with E-state index in [0.717, 1.165) is 15.8 Å². The number of anilines is 1. The van der Waals surface area contributed by atoms with Crippen LogP contribution in [-0.2, 0) is 0 Å². The van der Waals surface area contributed by atoms with Crippen LogP contribution in [0.25, 0.3) is 10.1 Å². The SMILES string of the molecule is COc1ccc2c(N)c(C(=O)NC(C)C3CC3)sc2c1. The Hall–Kier alpha value is -1.75. The molecule has 5 heteroatoms. The lowest BCUT2D eigenvalue weighted by Crippen LogP contribution is -2.33. The van der Waals surface area contributed by atoms with Crippen molar-refractivity contribution in [1.82, 2.24) is 5.32 Å². The van der Waals surface area contributed by atoms with Crippen molar-refractivity contribution in [2.75, 3.05) is 12.8 Å². The van der Waals surface area contributed by atoms with Gasteiger partial charge in [0, 0.05) is 16.1 Å². The van der Waals surface area contributed by atoms with Gasteiger partial charge in [-0.1, -0.05) is 0 Å². The number of ether oxygens (including phenoxy) is 1. The van der Waals surface area contributed by atoms with Gasteiger partial charge in [0.1, 0.15) is 10.6 Å². The average Bonchev–Trinajstić information content (AvgIpc) is 3.23. The van der Waals surface area contributed by atoms with Crippen molar-refractivity contribution in [3.63, 3.8) is 0 Å². The molecule has 3 rings (SSSR count). The Balaban J connectivity index is 1.90. The van der Waals surface area contributed by atoms with E-state index in [1.807, 2.05) is 18.2 Å². The van der Waals surface area contributed by atoms with Crippen molar-refractivity contribution in [1.29, 1.82) is 0 Å². The van der Waals surface area contributed by atoms with Crippen LogP contribution >= 0.6 is 11.3 Å². The summed E-state index contributed by atoms with van der Waals surface area (Å²) in [6, 6.07) is 5.90. The maximum atomic E-state index is 12.3. The largest absolute Gasteiger partial charge is 0.497 e. The first-order chi connectivity index (χ1) is 9.60. The maximum Gasteiger partial charge on any atom is 0.263 e. The third-order valence-electron chi connectivity index (χ3n) is 3.83. The van der Waals surface area contributed by atoms with E-state index < -0.39 is 0 Å². The van der Waals surface area contributed by atoms with Gasteiger partial charge in [0.05, 0.1) is 12.8 Å². The molecule has 3 N–H and O–H groups in total. The number of nitrogen functional groups attached to an aromatic ring is 1. The summed E-state index contributed by atoms with van der Waals surface area (Å²) in [7, 11) is 1.63. The minimum absolute atomic E-state index is 0.0675. The molecule has 0 aliphatic heterocycles. The lowest BCUT2D eigenvalue weighted by molar-refractivity contribution is 0.0941. The zero-order chi connectivity index (χ0) is 14.3. The second-order valence-electron chi connectivity index (χ2n) is 5.31. The summed E-state index contributed by atoms with van der Waals surface area (Å²) >= 11 is 1.42. The predicted octanol–water partition coefficient (Wildman–Crippen LogP) is 3.02. The Bertz CT molecular complexity index is 661. The number of benzene rings is 1. The van der Waals surface area contributed by atoms with Gasteiger partial charge < -0.3 is 15.8 Å². The summed E-state index contributed by atoms with van der Waals surface area (Å²) in [5, 5.41) is 3.97. The number of rotatable bonds is 4. The summed E-state index contributed by atoms with van der Waals surface area (Å²) in [6.07, 6.45) is 2.42. The van der Waals surface area contributed by atoms with Gasteiger partial charge in [-0.15, -0.1) is 11.3 Å². The summed E-state index contributed by atoms with van der Waals surface area (Å²) in [6.45, 7) is 2.06. The molecule has 1 amide bonds. The van der Waals surface area contributed by atoms with Crippen LogP contribution in [0, 0.1) is 5.92 Å². The Kier molecular flexibility index (Phi) is 3.30. The number of carbonyl (C=O) groups excluding carboxylic acids is 1. The van der Waals surface area contributed by atoms with E-state index in [2.05, 4.69) is 12.2 Å². The van der Waals surface area contributed by atoms with E-state index >= 15 is 0 Å². The van der Waals surface area contributed by atoms with Gasteiger partial charge in [-0.2, -0.15) is 0 Å². The smallest absolute Gasteiger partial charge is 0.263 e. The van der Waals surface area contributed by atoms with Crippen LogP contribution in [-0.4, -0.2) is 19.1 Å². The van der Waals surface area contributed by atoms with Crippen molar-refractivity contribution in [2.45, 2.75) is 25.8 Å². The van der Waals surface area contributed by atoms with Gasteiger partial charge >= 0.3 is 0 Å².